The summed E-state index contributed by atoms with van der Waals surface area (Å²) in [6.07, 6.45) is 1.17. The minimum Gasteiger partial charge on any atom is -0.312 e. The molecule has 0 aliphatic rings. The van der Waals surface area contributed by atoms with Crippen LogP contribution in [-0.2, 0) is 6.42 Å². The lowest BCUT2D eigenvalue weighted by atomic mass is 9.87. The van der Waals surface area contributed by atoms with E-state index in [0.29, 0.717) is 11.8 Å². The maximum Gasteiger partial charge on any atom is 0.00966 e. The van der Waals surface area contributed by atoms with Crippen LogP contribution in [0.15, 0.2) is 18.2 Å². The molecule has 0 spiro atoms. The van der Waals surface area contributed by atoms with E-state index in [1.165, 1.54) is 23.1 Å². The molecule has 1 nitrogen and oxygen atoms in total. The maximum absolute atomic E-state index is 3.65. The Balaban J connectivity index is 2.70. The molecule has 1 rings (SSSR count). The zero-order valence-electron chi connectivity index (χ0n) is 13.8. The largest absolute Gasteiger partial charge is 0.312 e. The van der Waals surface area contributed by atoms with Crippen LogP contribution in [-0.4, -0.2) is 12.1 Å². The van der Waals surface area contributed by atoms with E-state index in [-0.39, 0.29) is 5.54 Å². The van der Waals surface area contributed by atoms with Gasteiger partial charge >= 0.3 is 0 Å². The van der Waals surface area contributed by atoms with Gasteiger partial charge in [-0.25, -0.2) is 0 Å². The standard InChI is InChI=1S/C18H31N/c1-13(2)17(12-19-18(5,6)7)11-16-9-8-14(3)15(4)10-16/h8-10,13,17,19H,11-12H2,1-7H3. The first-order chi connectivity index (χ1) is 8.69. The van der Waals surface area contributed by atoms with Gasteiger partial charge in [0.2, 0.25) is 0 Å². The Bertz CT molecular complexity index is 399. The number of nitrogens with one attached hydrogen (secondary N) is 1. The van der Waals surface area contributed by atoms with Gasteiger partial charge in [0, 0.05) is 5.54 Å². The fourth-order valence-electron chi connectivity index (χ4n) is 2.21. The average Bonchev–Trinajstić information content (AvgIpc) is 2.27. The number of hydrogen-bond acceptors (Lipinski definition) is 1. The van der Waals surface area contributed by atoms with Gasteiger partial charge in [-0.05, 0) is 76.1 Å². The van der Waals surface area contributed by atoms with Crippen LogP contribution in [0.25, 0.3) is 0 Å². The Kier molecular flexibility index (Phi) is 5.61. The number of aryl methyl sites for hydroxylation is 2. The minimum atomic E-state index is 0.205. The molecule has 108 valence electrons. The van der Waals surface area contributed by atoms with Gasteiger partial charge in [-0.15, -0.1) is 0 Å². The molecule has 1 heteroatoms. The molecular weight excluding hydrogens is 230 g/mol. The van der Waals surface area contributed by atoms with Gasteiger partial charge in [-0.1, -0.05) is 32.0 Å². The van der Waals surface area contributed by atoms with Crippen molar-refractivity contribution < 1.29 is 0 Å². The average molecular weight is 261 g/mol. The van der Waals surface area contributed by atoms with Crippen LogP contribution in [0.4, 0.5) is 0 Å². The molecule has 1 atom stereocenters. The molecule has 0 radical (unpaired) electrons. The van der Waals surface area contributed by atoms with Crippen LogP contribution in [0.3, 0.4) is 0 Å². The molecule has 19 heavy (non-hydrogen) atoms. The predicted molar refractivity (Wildman–Crippen MR) is 85.7 cm³/mol. The smallest absolute Gasteiger partial charge is 0.00966 e. The summed E-state index contributed by atoms with van der Waals surface area (Å²) in [7, 11) is 0. The van der Waals surface area contributed by atoms with Gasteiger partial charge in [0.1, 0.15) is 0 Å². The van der Waals surface area contributed by atoms with E-state index in [1.807, 2.05) is 0 Å². The van der Waals surface area contributed by atoms with Crippen LogP contribution in [0.1, 0.15) is 51.3 Å². The molecule has 0 fully saturated rings. The zero-order chi connectivity index (χ0) is 14.6. The molecule has 1 unspecified atom stereocenters. The van der Waals surface area contributed by atoms with Crippen molar-refractivity contribution in [1.29, 1.82) is 0 Å². The van der Waals surface area contributed by atoms with Crippen LogP contribution < -0.4 is 5.32 Å². The fourth-order valence-corrected chi connectivity index (χ4v) is 2.21. The second-order valence-electron chi connectivity index (χ2n) is 7.26. The molecule has 0 aliphatic heterocycles. The monoisotopic (exact) mass is 261 g/mol. The highest BCUT2D eigenvalue weighted by Gasteiger charge is 2.17. The van der Waals surface area contributed by atoms with E-state index in [4.69, 9.17) is 0 Å². The zero-order valence-corrected chi connectivity index (χ0v) is 13.8. The predicted octanol–water partition coefficient (Wildman–Crippen LogP) is 4.51. The topological polar surface area (TPSA) is 12.0 Å². The van der Waals surface area contributed by atoms with Gasteiger partial charge in [0.15, 0.2) is 0 Å². The molecule has 0 saturated carbocycles. The Hall–Kier alpha value is -0.820. The minimum absolute atomic E-state index is 0.205. The summed E-state index contributed by atoms with van der Waals surface area (Å²) in [5.74, 6) is 1.40. The summed E-state index contributed by atoms with van der Waals surface area (Å²) < 4.78 is 0. The number of benzene rings is 1. The number of hydrogen-bond donors (Lipinski definition) is 1. The van der Waals surface area contributed by atoms with Crippen molar-refractivity contribution in [3.63, 3.8) is 0 Å². The summed E-state index contributed by atoms with van der Waals surface area (Å²) in [6.45, 7) is 16.8. The second-order valence-corrected chi connectivity index (χ2v) is 7.26. The Morgan fingerprint density at radius 3 is 2.16 bits per heavy atom. The Morgan fingerprint density at radius 2 is 1.68 bits per heavy atom. The van der Waals surface area contributed by atoms with Gasteiger partial charge in [0.25, 0.3) is 0 Å². The van der Waals surface area contributed by atoms with Crippen LogP contribution in [0.5, 0.6) is 0 Å². The molecule has 0 aliphatic carbocycles. The Labute approximate surface area is 119 Å². The summed E-state index contributed by atoms with van der Waals surface area (Å²) in [5.41, 5.74) is 4.47. The lowest BCUT2D eigenvalue weighted by molar-refractivity contribution is 0.312. The first-order valence-electron chi connectivity index (χ1n) is 7.50. The van der Waals surface area contributed by atoms with Crippen molar-refractivity contribution in [1.82, 2.24) is 5.32 Å². The summed E-state index contributed by atoms with van der Waals surface area (Å²) in [6, 6.07) is 6.88. The first kappa shape index (κ1) is 16.2. The van der Waals surface area contributed by atoms with Crippen LogP contribution in [0, 0.1) is 25.7 Å². The maximum atomic E-state index is 3.65. The molecule has 0 bridgehead atoms. The quantitative estimate of drug-likeness (QED) is 0.822. The molecule has 1 aromatic rings. The normalized spacial score (nSPS) is 13.9. The van der Waals surface area contributed by atoms with Crippen molar-refractivity contribution in [3.8, 4) is 0 Å². The molecule has 0 aromatic heterocycles. The number of rotatable bonds is 5. The summed E-state index contributed by atoms with van der Waals surface area (Å²) in [4.78, 5) is 0. The molecule has 1 aromatic carbocycles. The van der Waals surface area contributed by atoms with E-state index in [1.54, 1.807) is 0 Å². The third kappa shape index (κ3) is 5.78. The van der Waals surface area contributed by atoms with E-state index < -0.39 is 0 Å². The van der Waals surface area contributed by atoms with Gasteiger partial charge in [0.05, 0.1) is 0 Å². The van der Waals surface area contributed by atoms with E-state index >= 15 is 0 Å². The van der Waals surface area contributed by atoms with Crippen molar-refractivity contribution in [2.45, 2.75) is 60.4 Å². The van der Waals surface area contributed by atoms with E-state index in [0.717, 1.165) is 6.54 Å². The van der Waals surface area contributed by atoms with Gasteiger partial charge in [-0.2, -0.15) is 0 Å². The molecule has 1 N–H and O–H groups in total. The lowest BCUT2D eigenvalue weighted by Crippen LogP contribution is -2.40. The highest BCUT2D eigenvalue weighted by atomic mass is 14.9. The van der Waals surface area contributed by atoms with Gasteiger partial charge in [-0.3, -0.25) is 0 Å². The molecule has 0 heterocycles. The van der Waals surface area contributed by atoms with Crippen molar-refractivity contribution in [2.75, 3.05) is 6.54 Å². The Morgan fingerprint density at radius 1 is 1.05 bits per heavy atom. The first-order valence-corrected chi connectivity index (χ1v) is 7.50. The van der Waals surface area contributed by atoms with Crippen molar-refractivity contribution >= 4 is 0 Å². The SMILES string of the molecule is Cc1ccc(CC(CNC(C)(C)C)C(C)C)cc1C. The van der Waals surface area contributed by atoms with Crippen molar-refractivity contribution in [2.24, 2.45) is 11.8 Å². The third-order valence-electron chi connectivity index (χ3n) is 3.91. The highest BCUT2D eigenvalue weighted by Crippen LogP contribution is 2.19. The van der Waals surface area contributed by atoms with Crippen molar-refractivity contribution in [3.05, 3.63) is 34.9 Å². The van der Waals surface area contributed by atoms with Gasteiger partial charge < -0.3 is 5.32 Å². The fraction of sp³-hybridized carbons (Fsp3) is 0.667. The second kappa shape index (κ2) is 6.56. The van der Waals surface area contributed by atoms with Crippen LogP contribution >= 0.6 is 0 Å². The summed E-state index contributed by atoms with van der Waals surface area (Å²) >= 11 is 0. The van der Waals surface area contributed by atoms with E-state index in [2.05, 4.69) is 72.0 Å². The molecule has 0 saturated heterocycles. The van der Waals surface area contributed by atoms with E-state index in [9.17, 15) is 0 Å². The lowest BCUT2D eigenvalue weighted by Gasteiger charge is -2.27. The summed E-state index contributed by atoms with van der Waals surface area (Å²) in [5, 5.41) is 3.65. The molecule has 0 amide bonds. The third-order valence-corrected chi connectivity index (χ3v) is 3.91. The highest BCUT2D eigenvalue weighted by molar-refractivity contribution is 5.30. The van der Waals surface area contributed by atoms with Crippen LogP contribution in [0.2, 0.25) is 0 Å². The molecular formula is C18H31N.